The van der Waals surface area contributed by atoms with E-state index in [0.29, 0.717) is 0 Å². The summed E-state index contributed by atoms with van der Waals surface area (Å²) < 4.78 is 30.6. The number of likely N-dealkylation sites (N-methyl/N-ethyl adjacent to an activating group) is 1. The summed E-state index contributed by atoms with van der Waals surface area (Å²) in [5, 5.41) is 107. The average molecular weight is 1300 g/mol. The molecule has 31 heteroatoms. The number of carboxylic acids is 1. The van der Waals surface area contributed by atoms with Crippen molar-refractivity contribution in [2.24, 2.45) is 11.7 Å². The van der Waals surface area contributed by atoms with Crippen LogP contribution in [0, 0.1) is 5.92 Å². The van der Waals surface area contributed by atoms with Gasteiger partial charge >= 0.3 is 5.97 Å². The minimum absolute atomic E-state index is 0.0524. The van der Waals surface area contributed by atoms with Crippen molar-refractivity contribution in [1.82, 2.24) is 37.2 Å². The van der Waals surface area contributed by atoms with Crippen molar-refractivity contribution in [3.05, 3.63) is 123 Å². The van der Waals surface area contributed by atoms with E-state index in [1.165, 1.54) is 62.7 Å². The lowest BCUT2D eigenvalue weighted by Crippen LogP contribution is -2.60. The number of ether oxygens (including phenoxy) is 5. The third kappa shape index (κ3) is 14.0. The van der Waals surface area contributed by atoms with Crippen LogP contribution in [0.25, 0.3) is 11.1 Å². The second kappa shape index (κ2) is 27.7. The standard InChI is InChI=1S/C60H64Cl2N8O21/c1-22(2)14-31(64-3)53(79)69-45-47(74)24-9-12-34(29(61)16-24)88-37-18-26-19-38(52(37)91-60-51(78)50(77)49(76)39(21-71)90-60)89-35-13-10-25(17-30(35)62)48(75)46-58(84)68-44(59(85)86)27-6-5-7-36(87-4)41(27)28-15-23(8-11-33(28)72)42(55(81)70-46)67-56(82)43(26)66-54(80)32(20-40(63)73)65-57(45)83/h5-13,15-19,22,31-32,39,42-51,60,64,71-72,74-78H,14,20-21H2,1-4H3,(H2,63,73)(H,65,83)(H,66,80)(H,67,82)(H,68,84)(H,69,79)(H,70,81)(H,85,86)/t31-,32+,39-,42-,43-,44+,45-,46+,47-,48-,49-,50+,51-,60+/m1/s1. The first kappa shape index (κ1) is 66.5. The second-order valence-electron chi connectivity index (χ2n) is 22.2. The van der Waals surface area contributed by atoms with Crippen molar-refractivity contribution in [3.8, 4) is 51.4 Å². The number of nitrogens with two attached hydrogens (primary N) is 1. The van der Waals surface area contributed by atoms with Gasteiger partial charge in [0.25, 0.3) is 0 Å². The van der Waals surface area contributed by atoms with Crippen LogP contribution in [-0.2, 0) is 43.1 Å². The molecule has 11 bridgehead atoms. The Labute approximate surface area is 527 Å². The second-order valence-corrected chi connectivity index (χ2v) is 23.0. The molecule has 0 spiro atoms. The van der Waals surface area contributed by atoms with Crippen LogP contribution in [0.1, 0.15) is 84.8 Å². The lowest BCUT2D eigenvalue weighted by molar-refractivity contribution is -0.277. The van der Waals surface area contributed by atoms with E-state index >= 15 is 14.4 Å². The Bertz CT molecular complexity index is 3690. The number of rotatable bonds is 12. The number of halogens is 2. The minimum atomic E-state index is -2.26. The molecule has 0 unspecified atom stereocenters. The highest BCUT2D eigenvalue weighted by Crippen LogP contribution is 2.49. The number of phenolic OH excluding ortho intramolecular Hbond substituents is 1. The number of primary amides is 1. The van der Waals surface area contributed by atoms with Crippen LogP contribution in [0.4, 0.5) is 0 Å². The third-order valence-electron chi connectivity index (χ3n) is 15.5. The van der Waals surface area contributed by atoms with Crippen molar-refractivity contribution in [2.45, 2.75) is 112 Å². The van der Waals surface area contributed by atoms with Gasteiger partial charge in [0.05, 0.1) is 36.2 Å². The number of methoxy groups -OCH3 is 1. The number of hydrogen-bond donors (Lipinski definition) is 16. The average Bonchev–Trinajstić information content (AvgIpc) is 0.805. The number of aliphatic carboxylic acids is 1. The number of carbonyl (C=O) groups is 8. The zero-order chi connectivity index (χ0) is 66.0. The monoisotopic (exact) mass is 1300 g/mol. The molecule has 14 atom stereocenters. The molecular weight excluding hydrogens is 1240 g/mol. The fourth-order valence-electron chi connectivity index (χ4n) is 10.8. The first-order valence-electron chi connectivity index (χ1n) is 28.2. The highest BCUT2D eigenvalue weighted by atomic mass is 35.5. The number of nitrogens with one attached hydrogen (secondary N) is 7. The summed E-state index contributed by atoms with van der Waals surface area (Å²) in [6.45, 7) is 2.72. The highest BCUT2D eigenvalue weighted by molar-refractivity contribution is 6.32. The predicted molar refractivity (Wildman–Crippen MR) is 316 cm³/mol. The summed E-state index contributed by atoms with van der Waals surface area (Å²) in [4.78, 5) is 116. The van der Waals surface area contributed by atoms with Crippen molar-refractivity contribution >= 4 is 70.5 Å². The van der Waals surface area contributed by atoms with Crippen LogP contribution in [-0.4, -0.2) is 164 Å². The molecule has 5 aromatic rings. The minimum Gasteiger partial charge on any atom is -0.507 e. The number of carboxylic acid groups (broad SMARTS) is 1. The van der Waals surface area contributed by atoms with Gasteiger partial charge in [0.1, 0.15) is 89.8 Å². The highest BCUT2D eigenvalue weighted by Gasteiger charge is 2.47. The van der Waals surface area contributed by atoms with Crippen molar-refractivity contribution in [2.75, 3.05) is 20.8 Å². The maximum absolute atomic E-state index is 15.8. The predicted octanol–water partition coefficient (Wildman–Crippen LogP) is 0.466. The summed E-state index contributed by atoms with van der Waals surface area (Å²) in [6, 6.07) is 3.10. The largest absolute Gasteiger partial charge is 0.507 e. The van der Waals surface area contributed by atoms with E-state index in [4.69, 9.17) is 52.6 Å². The Balaban J connectivity index is 1.32. The molecule has 0 radical (unpaired) electrons. The quantitative estimate of drug-likeness (QED) is 0.0807. The van der Waals surface area contributed by atoms with Crippen LogP contribution in [0.3, 0.4) is 0 Å². The molecule has 484 valence electrons. The van der Waals surface area contributed by atoms with E-state index in [2.05, 4.69) is 37.2 Å². The molecule has 1 saturated heterocycles. The Kier molecular flexibility index (Phi) is 20.3. The summed E-state index contributed by atoms with van der Waals surface area (Å²) in [7, 11) is 2.72. The maximum Gasteiger partial charge on any atom is 0.330 e. The number of aromatic hydroxyl groups is 1. The number of benzene rings is 5. The van der Waals surface area contributed by atoms with Gasteiger partial charge in [-0.2, -0.15) is 0 Å². The van der Waals surface area contributed by atoms with E-state index in [1.807, 2.05) is 13.8 Å². The number of aliphatic hydroxyl groups excluding tert-OH is 6. The fraction of sp³-hybridized carbons (Fsp3) is 0.367. The molecule has 6 aliphatic rings. The summed E-state index contributed by atoms with van der Waals surface area (Å²) in [5.41, 5.74) is 4.20. The van der Waals surface area contributed by atoms with Crippen LogP contribution < -0.4 is 61.9 Å². The molecule has 91 heavy (non-hydrogen) atoms. The van der Waals surface area contributed by atoms with E-state index in [0.717, 1.165) is 36.4 Å². The number of fused-ring (bicyclic) bond motifs is 15. The van der Waals surface area contributed by atoms with Gasteiger partial charge in [0.2, 0.25) is 53.4 Å². The number of amides is 7. The van der Waals surface area contributed by atoms with Gasteiger partial charge in [-0.15, -0.1) is 0 Å². The topological polar surface area (TPSA) is 455 Å². The Morgan fingerprint density at radius 1 is 0.692 bits per heavy atom. The molecule has 17 N–H and O–H groups in total. The molecule has 29 nitrogen and oxygen atoms in total. The fourth-order valence-corrected chi connectivity index (χ4v) is 11.3. The van der Waals surface area contributed by atoms with Gasteiger partial charge in [0, 0.05) is 11.1 Å². The molecular formula is C60H64Cl2N8O21. The Hall–Kier alpha value is -8.88. The van der Waals surface area contributed by atoms with Gasteiger partial charge in [-0.05, 0) is 102 Å². The van der Waals surface area contributed by atoms with E-state index in [1.54, 1.807) is 0 Å². The zero-order valence-electron chi connectivity index (χ0n) is 48.6. The first-order valence-corrected chi connectivity index (χ1v) is 28.9. The molecule has 5 aromatic carbocycles. The van der Waals surface area contributed by atoms with Crippen molar-refractivity contribution in [1.29, 1.82) is 0 Å². The molecule has 7 amide bonds. The van der Waals surface area contributed by atoms with Gasteiger partial charge in [0.15, 0.2) is 17.5 Å². The van der Waals surface area contributed by atoms with E-state index in [-0.39, 0.29) is 73.0 Å². The third-order valence-corrected chi connectivity index (χ3v) is 16.1. The van der Waals surface area contributed by atoms with E-state index < -0.39 is 174 Å². The van der Waals surface area contributed by atoms with Crippen LogP contribution in [0.5, 0.6) is 40.2 Å². The van der Waals surface area contributed by atoms with Crippen LogP contribution >= 0.6 is 23.2 Å². The normalized spacial score (nSPS) is 26.2. The Morgan fingerprint density at radius 2 is 1.30 bits per heavy atom. The number of hydrogen-bond acceptors (Lipinski definition) is 21. The lowest BCUT2D eigenvalue weighted by Gasteiger charge is -2.39. The molecule has 6 aliphatic heterocycles. The smallest absolute Gasteiger partial charge is 0.330 e. The first-order chi connectivity index (χ1) is 43.2. The summed E-state index contributed by atoms with van der Waals surface area (Å²) >= 11 is 13.9. The zero-order valence-corrected chi connectivity index (χ0v) is 50.1. The van der Waals surface area contributed by atoms with Gasteiger partial charge in [-0.3, -0.25) is 33.6 Å². The van der Waals surface area contributed by atoms with Gasteiger partial charge < -0.3 is 107 Å². The van der Waals surface area contributed by atoms with Gasteiger partial charge in [-0.1, -0.05) is 67.4 Å². The van der Waals surface area contributed by atoms with Gasteiger partial charge in [-0.25, -0.2) is 4.79 Å². The van der Waals surface area contributed by atoms with Crippen molar-refractivity contribution in [3.63, 3.8) is 0 Å². The van der Waals surface area contributed by atoms with Crippen molar-refractivity contribution < 1.29 is 103 Å². The van der Waals surface area contributed by atoms with Crippen LogP contribution in [0.2, 0.25) is 10.0 Å². The molecule has 6 heterocycles. The summed E-state index contributed by atoms with van der Waals surface area (Å²) in [5.74, 6) is -13.4. The molecule has 0 aromatic heterocycles. The molecule has 11 rings (SSSR count). The van der Waals surface area contributed by atoms with E-state index in [9.17, 15) is 64.8 Å². The SMILES string of the molecule is CN[C@H](CC(C)C)C(=O)N[C@H]1C(=O)N[C@@H](CC(N)=O)C(=O)N[C@H]2C(=O)N[C@H]3C(=O)N[C@H](C(=O)N[C@H](C(=O)O)c4cccc(OC)c4-c4cc3ccc4O)[C@H](O)c3ccc(c(Cl)c3)Oc3cc2cc(c3O[C@@H]2O[C@H](CO)[C@@H](O)[C@H](O)[C@H]2O)Oc2ccc(cc2Cl)[C@H]1O. The lowest BCUT2D eigenvalue weighted by atomic mass is 9.89. The molecule has 1 fully saturated rings. The number of aliphatic hydroxyl groups is 6. The van der Waals surface area contributed by atoms with Crippen LogP contribution in [0.15, 0.2) is 84.9 Å². The Morgan fingerprint density at radius 3 is 1.88 bits per heavy atom. The maximum atomic E-state index is 15.8. The number of phenols is 1. The summed E-state index contributed by atoms with van der Waals surface area (Å²) in [6.07, 6.45) is -14.7. The molecule has 0 aliphatic carbocycles. The molecule has 0 saturated carbocycles. The number of carbonyl (C=O) groups excluding carboxylic acids is 7.